The Labute approximate surface area is 93.4 Å². The minimum absolute atomic E-state index is 0.517. The third kappa shape index (κ3) is 3.12. The van der Waals surface area contributed by atoms with Crippen molar-refractivity contribution < 1.29 is 0 Å². The van der Waals surface area contributed by atoms with Crippen molar-refractivity contribution in [1.29, 1.82) is 0 Å². The summed E-state index contributed by atoms with van der Waals surface area (Å²) < 4.78 is 0. The number of nitrogens with zero attached hydrogens (tertiary/aromatic N) is 1. The highest BCUT2D eigenvalue weighted by Crippen LogP contribution is 2.20. The number of benzene rings is 1. The van der Waals surface area contributed by atoms with Crippen LogP contribution >= 0.6 is 0 Å². The molecule has 15 heavy (non-hydrogen) atoms. The van der Waals surface area contributed by atoms with Crippen LogP contribution in [0, 0.1) is 5.92 Å². The largest absolute Gasteiger partial charge is 0.345 e. The van der Waals surface area contributed by atoms with Crippen molar-refractivity contribution in [1.82, 2.24) is 0 Å². The Morgan fingerprint density at radius 1 is 1.07 bits per heavy atom. The Morgan fingerprint density at radius 3 is 2.13 bits per heavy atom. The first-order chi connectivity index (χ1) is 7.16. The summed E-state index contributed by atoms with van der Waals surface area (Å²) in [5.74, 6) is 0.640. The van der Waals surface area contributed by atoms with Crippen molar-refractivity contribution in [3.05, 3.63) is 42.6 Å². The maximum atomic E-state index is 2.32. The Hall–Kier alpha value is -1.24. The van der Waals surface area contributed by atoms with Gasteiger partial charge in [0.2, 0.25) is 0 Å². The molecule has 1 aromatic carbocycles. The van der Waals surface area contributed by atoms with Crippen LogP contribution in [-0.2, 0) is 0 Å². The van der Waals surface area contributed by atoms with Crippen LogP contribution in [0.4, 0.5) is 5.69 Å². The maximum Gasteiger partial charge on any atom is 0.0408 e. The van der Waals surface area contributed by atoms with Crippen molar-refractivity contribution in [2.75, 3.05) is 4.90 Å². The molecule has 82 valence electrons. The van der Waals surface area contributed by atoms with Crippen LogP contribution in [0.15, 0.2) is 42.6 Å². The summed E-state index contributed by atoms with van der Waals surface area (Å²) in [4.78, 5) is 2.32. The summed E-state index contributed by atoms with van der Waals surface area (Å²) in [5.41, 5.74) is 1.26. The Kier molecular flexibility index (Phi) is 4.41. The number of anilines is 1. The van der Waals surface area contributed by atoms with E-state index >= 15 is 0 Å². The Bertz CT molecular complexity index is 300. The fraction of sp³-hybridized carbons (Fsp3) is 0.429. The zero-order valence-electron chi connectivity index (χ0n) is 10.1. The zero-order chi connectivity index (χ0) is 11.3. The fourth-order valence-corrected chi connectivity index (χ4v) is 1.54. The monoisotopic (exact) mass is 203 g/mol. The molecule has 1 nitrogen and oxygen atoms in total. The molecule has 0 bridgehead atoms. The summed E-state index contributed by atoms with van der Waals surface area (Å²) in [6, 6.07) is 11.0. The van der Waals surface area contributed by atoms with Gasteiger partial charge in [0, 0.05) is 17.9 Å². The van der Waals surface area contributed by atoms with Crippen LogP contribution in [-0.4, -0.2) is 6.04 Å². The molecule has 0 N–H and O–H groups in total. The van der Waals surface area contributed by atoms with Gasteiger partial charge in [-0.1, -0.05) is 38.1 Å². The first-order valence-corrected chi connectivity index (χ1v) is 5.63. The average Bonchev–Trinajstić information content (AvgIpc) is 2.26. The summed E-state index contributed by atoms with van der Waals surface area (Å²) in [6.07, 6.45) is 4.24. The molecule has 0 heterocycles. The van der Waals surface area contributed by atoms with Gasteiger partial charge in [-0.3, -0.25) is 0 Å². The van der Waals surface area contributed by atoms with Crippen LogP contribution in [0.5, 0.6) is 0 Å². The molecule has 0 spiro atoms. The van der Waals surface area contributed by atoms with Gasteiger partial charge < -0.3 is 4.90 Å². The van der Waals surface area contributed by atoms with Gasteiger partial charge in [-0.2, -0.15) is 0 Å². The quantitative estimate of drug-likeness (QED) is 0.713. The van der Waals surface area contributed by atoms with E-state index in [0.29, 0.717) is 12.0 Å². The van der Waals surface area contributed by atoms with Crippen molar-refractivity contribution in [2.24, 2.45) is 5.92 Å². The molecule has 0 aromatic heterocycles. The minimum Gasteiger partial charge on any atom is -0.345 e. The second-order valence-electron chi connectivity index (χ2n) is 4.21. The second kappa shape index (κ2) is 5.59. The minimum atomic E-state index is 0.517. The highest BCUT2D eigenvalue weighted by molar-refractivity contribution is 5.49. The van der Waals surface area contributed by atoms with E-state index in [1.807, 2.05) is 0 Å². The number of hydrogen-bond donors (Lipinski definition) is 0. The third-order valence-electron chi connectivity index (χ3n) is 2.77. The number of allylic oxidation sites excluding steroid dienone is 1. The van der Waals surface area contributed by atoms with Crippen LogP contribution in [0.25, 0.3) is 0 Å². The van der Waals surface area contributed by atoms with E-state index in [9.17, 15) is 0 Å². The molecule has 1 atom stereocenters. The summed E-state index contributed by atoms with van der Waals surface area (Å²) in [6.45, 7) is 8.83. The molecule has 0 saturated carbocycles. The molecule has 0 saturated heterocycles. The third-order valence-corrected chi connectivity index (χ3v) is 2.77. The molecule has 1 aromatic rings. The molecular weight excluding hydrogens is 182 g/mol. The number of rotatable bonds is 4. The molecule has 0 unspecified atom stereocenters. The Morgan fingerprint density at radius 2 is 1.67 bits per heavy atom. The van der Waals surface area contributed by atoms with Gasteiger partial charge in [-0.05, 0) is 31.9 Å². The molecule has 0 amide bonds. The van der Waals surface area contributed by atoms with E-state index in [-0.39, 0.29) is 0 Å². The summed E-state index contributed by atoms with van der Waals surface area (Å²) in [5, 5.41) is 0. The first-order valence-electron chi connectivity index (χ1n) is 5.63. The molecule has 0 fully saturated rings. The highest BCUT2D eigenvalue weighted by atomic mass is 15.1. The van der Waals surface area contributed by atoms with Gasteiger partial charge in [-0.15, -0.1) is 0 Å². The predicted octanol–water partition coefficient (Wildman–Crippen LogP) is 4.07. The van der Waals surface area contributed by atoms with Gasteiger partial charge in [0.1, 0.15) is 0 Å². The van der Waals surface area contributed by atoms with Crippen LogP contribution in [0.3, 0.4) is 0 Å². The topological polar surface area (TPSA) is 3.24 Å². The van der Waals surface area contributed by atoms with Gasteiger partial charge in [0.15, 0.2) is 0 Å². The van der Waals surface area contributed by atoms with Crippen LogP contribution in [0.1, 0.15) is 27.7 Å². The lowest BCUT2D eigenvalue weighted by Gasteiger charge is -2.30. The number of hydrogen-bond acceptors (Lipinski definition) is 1. The van der Waals surface area contributed by atoms with Gasteiger partial charge in [0.25, 0.3) is 0 Å². The van der Waals surface area contributed by atoms with Crippen molar-refractivity contribution in [2.45, 2.75) is 33.7 Å². The lowest BCUT2D eigenvalue weighted by Crippen LogP contribution is -2.32. The second-order valence-corrected chi connectivity index (χ2v) is 4.21. The van der Waals surface area contributed by atoms with Gasteiger partial charge >= 0.3 is 0 Å². The fourth-order valence-electron chi connectivity index (χ4n) is 1.54. The van der Waals surface area contributed by atoms with Crippen LogP contribution < -0.4 is 4.90 Å². The van der Waals surface area contributed by atoms with E-state index in [1.54, 1.807) is 0 Å². The zero-order valence-corrected chi connectivity index (χ0v) is 10.1. The van der Waals surface area contributed by atoms with E-state index < -0.39 is 0 Å². The van der Waals surface area contributed by atoms with Crippen molar-refractivity contribution in [3.63, 3.8) is 0 Å². The molecule has 0 aliphatic rings. The first kappa shape index (κ1) is 11.8. The molecule has 0 aliphatic heterocycles. The smallest absolute Gasteiger partial charge is 0.0408 e. The predicted molar refractivity (Wildman–Crippen MR) is 68.0 cm³/mol. The van der Waals surface area contributed by atoms with Crippen molar-refractivity contribution in [3.8, 4) is 0 Å². The highest BCUT2D eigenvalue weighted by Gasteiger charge is 2.14. The standard InChI is InChI=1S/C14H21N/c1-5-11-15(13(4)12(2)3)14-9-7-6-8-10-14/h5-13H,1-4H3/b11-5-/t13-/m0/s1. The van der Waals surface area contributed by atoms with E-state index in [2.05, 4.69) is 75.2 Å². The summed E-state index contributed by atoms with van der Waals surface area (Å²) >= 11 is 0. The van der Waals surface area contributed by atoms with Crippen LogP contribution in [0.2, 0.25) is 0 Å². The normalized spacial score (nSPS) is 13.4. The average molecular weight is 203 g/mol. The molecule has 0 radical (unpaired) electrons. The van der Waals surface area contributed by atoms with Gasteiger partial charge in [-0.25, -0.2) is 0 Å². The van der Waals surface area contributed by atoms with Gasteiger partial charge in [0.05, 0.1) is 0 Å². The molecule has 1 heteroatoms. The molecule has 0 aliphatic carbocycles. The SMILES string of the molecule is C/C=C\N(c1ccccc1)[C@@H](C)C(C)C. The Balaban J connectivity index is 2.93. The van der Waals surface area contributed by atoms with E-state index in [1.165, 1.54) is 5.69 Å². The number of para-hydroxylation sites is 1. The molecular formula is C14H21N. The summed E-state index contributed by atoms with van der Waals surface area (Å²) in [7, 11) is 0. The van der Waals surface area contributed by atoms with E-state index in [0.717, 1.165) is 0 Å². The molecule has 1 rings (SSSR count). The lowest BCUT2D eigenvalue weighted by molar-refractivity contribution is 0.516. The lowest BCUT2D eigenvalue weighted by atomic mass is 10.0. The van der Waals surface area contributed by atoms with Crippen molar-refractivity contribution >= 4 is 5.69 Å². The van der Waals surface area contributed by atoms with E-state index in [4.69, 9.17) is 0 Å². The maximum absolute atomic E-state index is 2.32.